The number of carbonyl (C=O) groups is 3. The van der Waals surface area contributed by atoms with Gasteiger partial charge in [-0.3, -0.25) is 9.59 Å². The molecule has 2 amide bonds. The SMILES string of the molecule is C[C@@](NC(=O)CN1CCCCCC1=O)(C(=O)O)c1ccc(F)cc1. The first-order chi connectivity index (χ1) is 11.3. The molecule has 1 heterocycles. The molecule has 0 spiro atoms. The Morgan fingerprint density at radius 1 is 1.25 bits per heavy atom. The molecule has 2 rings (SSSR count). The lowest BCUT2D eigenvalue weighted by Crippen LogP contribution is -2.52. The van der Waals surface area contributed by atoms with E-state index in [0.717, 1.165) is 31.4 Å². The number of hydrogen-bond acceptors (Lipinski definition) is 3. The molecule has 0 unspecified atom stereocenters. The van der Waals surface area contributed by atoms with Gasteiger partial charge in [-0.05, 0) is 37.5 Å². The van der Waals surface area contributed by atoms with E-state index in [1.807, 2.05) is 0 Å². The molecule has 7 heteroatoms. The van der Waals surface area contributed by atoms with E-state index in [1.54, 1.807) is 0 Å². The average molecular weight is 336 g/mol. The first-order valence-corrected chi connectivity index (χ1v) is 7.91. The molecule has 2 N–H and O–H groups in total. The van der Waals surface area contributed by atoms with Gasteiger partial charge in [0.25, 0.3) is 0 Å². The summed E-state index contributed by atoms with van der Waals surface area (Å²) >= 11 is 0. The van der Waals surface area contributed by atoms with Crippen LogP contribution in [0.3, 0.4) is 0 Å². The number of carbonyl (C=O) groups excluding carboxylic acids is 2. The van der Waals surface area contributed by atoms with E-state index >= 15 is 0 Å². The molecule has 1 aromatic carbocycles. The fourth-order valence-electron chi connectivity index (χ4n) is 2.73. The number of halogens is 1. The number of carboxylic acid groups (broad SMARTS) is 1. The van der Waals surface area contributed by atoms with Gasteiger partial charge in [0.05, 0.1) is 6.54 Å². The van der Waals surface area contributed by atoms with Gasteiger partial charge in [0.2, 0.25) is 11.8 Å². The molecule has 1 saturated heterocycles. The van der Waals surface area contributed by atoms with Crippen molar-refractivity contribution in [1.82, 2.24) is 10.2 Å². The smallest absolute Gasteiger partial charge is 0.333 e. The lowest BCUT2D eigenvalue weighted by atomic mass is 9.92. The number of nitrogens with zero attached hydrogens (tertiary/aromatic N) is 1. The lowest BCUT2D eigenvalue weighted by Gasteiger charge is -2.28. The summed E-state index contributed by atoms with van der Waals surface area (Å²) in [4.78, 5) is 37.3. The summed E-state index contributed by atoms with van der Waals surface area (Å²) < 4.78 is 13.1. The Balaban J connectivity index is 2.12. The Morgan fingerprint density at radius 2 is 1.92 bits per heavy atom. The van der Waals surface area contributed by atoms with Crippen LogP contribution in [0.15, 0.2) is 24.3 Å². The van der Waals surface area contributed by atoms with Gasteiger partial charge in [-0.25, -0.2) is 9.18 Å². The second kappa shape index (κ2) is 7.42. The number of benzene rings is 1. The Kier molecular flexibility index (Phi) is 5.54. The third kappa shape index (κ3) is 4.10. The van der Waals surface area contributed by atoms with Gasteiger partial charge < -0.3 is 15.3 Å². The number of likely N-dealkylation sites (tertiary alicyclic amines) is 1. The topological polar surface area (TPSA) is 86.7 Å². The molecule has 0 radical (unpaired) electrons. The van der Waals surface area contributed by atoms with Crippen LogP contribution in [-0.2, 0) is 19.9 Å². The van der Waals surface area contributed by atoms with E-state index in [4.69, 9.17) is 0 Å². The Bertz CT molecular complexity index is 632. The van der Waals surface area contributed by atoms with Gasteiger partial charge in [-0.2, -0.15) is 0 Å². The normalized spacial score (nSPS) is 17.8. The van der Waals surface area contributed by atoms with Crippen LogP contribution in [0.4, 0.5) is 4.39 Å². The molecule has 1 aromatic rings. The van der Waals surface area contributed by atoms with E-state index in [-0.39, 0.29) is 18.0 Å². The number of amides is 2. The summed E-state index contributed by atoms with van der Waals surface area (Å²) in [5.74, 6) is -2.40. The van der Waals surface area contributed by atoms with Gasteiger partial charge >= 0.3 is 5.97 Å². The van der Waals surface area contributed by atoms with Crippen molar-refractivity contribution in [2.45, 2.75) is 38.1 Å². The molecule has 1 aliphatic rings. The highest BCUT2D eigenvalue weighted by molar-refractivity contribution is 5.90. The monoisotopic (exact) mass is 336 g/mol. The quantitative estimate of drug-likeness (QED) is 0.856. The minimum atomic E-state index is -1.69. The van der Waals surface area contributed by atoms with Crippen molar-refractivity contribution in [3.05, 3.63) is 35.6 Å². The molecule has 24 heavy (non-hydrogen) atoms. The lowest BCUT2D eigenvalue weighted by molar-refractivity contribution is -0.148. The highest BCUT2D eigenvalue weighted by atomic mass is 19.1. The summed E-state index contributed by atoms with van der Waals surface area (Å²) in [5, 5.41) is 12.0. The predicted octanol–water partition coefficient (Wildman–Crippen LogP) is 1.64. The largest absolute Gasteiger partial charge is 0.479 e. The van der Waals surface area contributed by atoms with Crippen molar-refractivity contribution < 1.29 is 23.9 Å². The van der Waals surface area contributed by atoms with Crippen LogP contribution in [0, 0.1) is 5.82 Å². The minimum absolute atomic E-state index is 0.0959. The van der Waals surface area contributed by atoms with E-state index in [9.17, 15) is 23.9 Å². The van der Waals surface area contributed by atoms with Crippen LogP contribution in [0.25, 0.3) is 0 Å². The van der Waals surface area contributed by atoms with Crippen LogP contribution in [0.5, 0.6) is 0 Å². The van der Waals surface area contributed by atoms with E-state index in [2.05, 4.69) is 5.32 Å². The average Bonchev–Trinajstić information content (AvgIpc) is 2.72. The molecular weight excluding hydrogens is 315 g/mol. The molecule has 0 aliphatic carbocycles. The predicted molar refractivity (Wildman–Crippen MR) is 84.6 cm³/mol. The molecular formula is C17H21FN2O4. The highest BCUT2D eigenvalue weighted by Crippen LogP contribution is 2.22. The van der Waals surface area contributed by atoms with E-state index in [1.165, 1.54) is 24.0 Å². The van der Waals surface area contributed by atoms with Crippen LogP contribution in [0.2, 0.25) is 0 Å². The maximum Gasteiger partial charge on any atom is 0.333 e. The zero-order valence-corrected chi connectivity index (χ0v) is 13.5. The Labute approximate surface area is 139 Å². The van der Waals surface area contributed by atoms with Gasteiger partial charge in [-0.1, -0.05) is 18.6 Å². The van der Waals surface area contributed by atoms with Gasteiger partial charge in [0, 0.05) is 13.0 Å². The fraction of sp³-hybridized carbons (Fsp3) is 0.471. The summed E-state index contributed by atoms with van der Waals surface area (Å²) in [5.41, 5.74) is -1.44. The maximum absolute atomic E-state index is 13.1. The van der Waals surface area contributed by atoms with Gasteiger partial charge in [0.15, 0.2) is 5.54 Å². The summed E-state index contributed by atoms with van der Waals surface area (Å²) in [7, 11) is 0. The second-order valence-corrected chi connectivity index (χ2v) is 6.11. The Morgan fingerprint density at radius 3 is 2.54 bits per heavy atom. The van der Waals surface area contributed by atoms with Crippen LogP contribution in [0.1, 0.15) is 38.2 Å². The maximum atomic E-state index is 13.1. The summed E-state index contributed by atoms with van der Waals surface area (Å²) in [6.07, 6.45) is 2.97. The molecule has 1 atom stereocenters. The first kappa shape index (κ1) is 17.9. The van der Waals surface area contributed by atoms with Crippen molar-refractivity contribution in [3.8, 4) is 0 Å². The van der Waals surface area contributed by atoms with Crippen molar-refractivity contribution in [1.29, 1.82) is 0 Å². The molecule has 1 fully saturated rings. The zero-order valence-electron chi connectivity index (χ0n) is 13.5. The van der Waals surface area contributed by atoms with Crippen LogP contribution in [-0.4, -0.2) is 40.9 Å². The number of nitrogens with one attached hydrogen (secondary N) is 1. The second-order valence-electron chi connectivity index (χ2n) is 6.11. The van der Waals surface area contributed by atoms with Crippen LogP contribution >= 0.6 is 0 Å². The van der Waals surface area contributed by atoms with Crippen molar-refractivity contribution in [3.63, 3.8) is 0 Å². The zero-order chi connectivity index (χ0) is 17.7. The first-order valence-electron chi connectivity index (χ1n) is 7.91. The molecule has 0 saturated carbocycles. The summed E-state index contributed by atoms with van der Waals surface area (Å²) in [6, 6.07) is 4.92. The highest BCUT2D eigenvalue weighted by Gasteiger charge is 2.37. The molecule has 130 valence electrons. The van der Waals surface area contributed by atoms with Crippen molar-refractivity contribution in [2.24, 2.45) is 0 Å². The Hall–Kier alpha value is -2.44. The van der Waals surface area contributed by atoms with Crippen LogP contribution < -0.4 is 5.32 Å². The molecule has 1 aliphatic heterocycles. The standard InChI is InChI=1S/C17H21FN2O4/c1-17(16(23)24,12-6-8-13(18)9-7-12)19-14(21)11-20-10-4-2-3-5-15(20)22/h6-9H,2-5,10-11H2,1H3,(H,19,21)(H,23,24)/t17-/m0/s1. The summed E-state index contributed by atoms with van der Waals surface area (Å²) in [6.45, 7) is 1.65. The third-order valence-electron chi connectivity index (χ3n) is 4.24. The fourth-order valence-corrected chi connectivity index (χ4v) is 2.73. The van der Waals surface area contributed by atoms with Crippen molar-refractivity contribution >= 4 is 17.8 Å². The molecule has 6 nitrogen and oxygen atoms in total. The van der Waals surface area contributed by atoms with Gasteiger partial charge in [0.1, 0.15) is 5.82 Å². The minimum Gasteiger partial charge on any atom is -0.479 e. The third-order valence-corrected chi connectivity index (χ3v) is 4.24. The molecule has 0 aromatic heterocycles. The number of rotatable bonds is 5. The number of hydrogen-bond donors (Lipinski definition) is 2. The molecule has 0 bridgehead atoms. The van der Waals surface area contributed by atoms with Gasteiger partial charge in [-0.15, -0.1) is 0 Å². The van der Waals surface area contributed by atoms with E-state index in [0.29, 0.717) is 13.0 Å². The number of aliphatic carboxylic acids is 1. The van der Waals surface area contributed by atoms with E-state index < -0.39 is 23.2 Å². The van der Waals surface area contributed by atoms with Crippen molar-refractivity contribution in [2.75, 3.05) is 13.1 Å². The number of carboxylic acids is 1.